The number of aliphatic carboxylic acids is 1. The van der Waals surface area contributed by atoms with Crippen molar-refractivity contribution in [1.82, 2.24) is 5.32 Å². The SMILES string of the molecule is COc1ccc(Br)c(C(=O)NC2(CC(=O)O)CCOCC2)c1. The van der Waals surface area contributed by atoms with Crippen molar-refractivity contribution in [1.29, 1.82) is 0 Å². The second-order valence-electron chi connectivity index (χ2n) is 5.26. The van der Waals surface area contributed by atoms with Gasteiger partial charge in [-0.25, -0.2) is 0 Å². The molecule has 2 N–H and O–H groups in total. The van der Waals surface area contributed by atoms with Gasteiger partial charge in [-0.3, -0.25) is 9.59 Å². The normalized spacial score (nSPS) is 16.8. The number of carbonyl (C=O) groups excluding carboxylic acids is 1. The van der Waals surface area contributed by atoms with Crippen LogP contribution in [0.2, 0.25) is 0 Å². The summed E-state index contributed by atoms with van der Waals surface area (Å²) in [5.41, 5.74) is -0.362. The molecule has 0 spiro atoms. The second-order valence-corrected chi connectivity index (χ2v) is 6.12. The van der Waals surface area contributed by atoms with Gasteiger partial charge in [-0.05, 0) is 47.0 Å². The number of ether oxygens (including phenoxy) is 2. The Kier molecular flexibility index (Phi) is 5.42. The van der Waals surface area contributed by atoms with Crippen LogP contribution >= 0.6 is 15.9 Å². The summed E-state index contributed by atoms with van der Waals surface area (Å²) in [5, 5.41) is 12.0. The number of amides is 1. The zero-order valence-corrected chi connectivity index (χ0v) is 13.8. The van der Waals surface area contributed by atoms with E-state index in [4.69, 9.17) is 14.6 Å². The minimum Gasteiger partial charge on any atom is -0.497 e. The van der Waals surface area contributed by atoms with Gasteiger partial charge in [0.2, 0.25) is 0 Å². The summed E-state index contributed by atoms with van der Waals surface area (Å²) in [6, 6.07) is 5.08. The molecule has 0 radical (unpaired) electrons. The smallest absolute Gasteiger partial charge is 0.305 e. The zero-order valence-electron chi connectivity index (χ0n) is 12.2. The molecule has 22 heavy (non-hydrogen) atoms. The number of carbonyl (C=O) groups is 2. The molecule has 0 bridgehead atoms. The van der Waals surface area contributed by atoms with Crippen molar-refractivity contribution in [3.8, 4) is 5.75 Å². The first-order valence-corrected chi connectivity index (χ1v) is 7.71. The molecule has 120 valence electrons. The van der Waals surface area contributed by atoms with E-state index in [2.05, 4.69) is 21.2 Å². The second kappa shape index (κ2) is 7.11. The van der Waals surface area contributed by atoms with E-state index >= 15 is 0 Å². The maximum Gasteiger partial charge on any atom is 0.305 e. The van der Waals surface area contributed by atoms with Gasteiger partial charge in [0.15, 0.2) is 0 Å². The monoisotopic (exact) mass is 371 g/mol. The fourth-order valence-electron chi connectivity index (χ4n) is 2.51. The Hall–Kier alpha value is -1.60. The Morgan fingerprint density at radius 1 is 1.41 bits per heavy atom. The molecule has 0 aromatic heterocycles. The molecule has 1 heterocycles. The molecule has 1 aliphatic rings. The van der Waals surface area contributed by atoms with E-state index in [9.17, 15) is 9.59 Å². The third-order valence-corrected chi connectivity index (χ3v) is 4.43. The van der Waals surface area contributed by atoms with Crippen molar-refractivity contribution in [2.24, 2.45) is 0 Å². The maximum atomic E-state index is 12.6. The molecule has 0 saturated carbocycles. The highest BCUT2D eigenvalue weighted by Crippen LogP contribution is 2.27. The summed E-state index contributed by atoms with van der Waals surface area (Å²) in [4.78, 5) is 23.7. The molecule has 1 amide bonds. The highest BCUT2D eigenvalue weighted by atomic mass is 79.9. The van der Waals surface area contributed by atoms with Gasteiger partial charge in [-0.15, -0.1) is 0 Å². The first kappa shape index (κ1) is 16.8. The van der Waals surface area contributed by atoms with Crippen LogP contribution in [0.4, 0.5) is 0 Å². The Bertz CT molecular complexity index is 569. The first-order valence-electron chi connectivity index (χ1n) is 6.91. The molecule has 1 aromatic rings. The Balaban J connectivity index is 2.22. The minimum atomic E-state index is -0.938. The molecule has 1 saturated heterocycles. The van der Waals surface area contributed by atoms with Gasteiger partial charge in [0.05, 0.1) is 24.6 Å². The number of carboxylic acid groups (broad SMARTS) is 1. The van der Waals surface area contributed by atoms with Gasteiger partial charge in [-0.1, -0.05) is 0 Å². The molecule has 1 aliphatic heterocycles. The average molecular weight is 372 g/mol. The molecular formula is C15H18BrNO5. The molecule has 1 fully saturated rings. The summed E-state index contributed by atoms with van der Waals surface area (Å²) < 4.78 is 11.0. The number of carboxylic acids is 1. The summed E-state index contributed by atoms with van der Waals surface area (Å²) >= 11 is 3.34. The number of hydrogen-bond donors (Lipinski definition) is 2. The van der Waals surface area contributed by atoms with Crippen molar-refractivity contribution in [2.75, 3.05) is 20.3 Å². The number of nitrogens with one attached hydrogen (secondary N) is 1. The number of methoxy groups -OCH3 is 1. The van der Waals surface area contributed by atoms with Crippen molar-refractivity contribution >= 4 is 27.8 Å². The molecule has 2 rings (SSSR count). The average Bonchev–Trinajstić information content (AvgIpc) is 2.47. The first-order chi connectivity index (χ1) is 10.5. The topological polar surface area (TPSA) is 84.9 Å². The molecule has 0 atom stereocenters. The van der Waals surface area contributed by atoms with Crippen LogP contribution in [0.25, 0.3) is 0 Å². The highest BCUT2D eigenvalue weighted by molar-refractivity contribution is 9.10. The number of benzene rings is 1. The number of rotatable bonds is 5. The zero-order chi connectivity index (χ0) is 16.2. The molecule has 0 aliphatic carbocycles. The van der Waals surface area contributed by atoms with Crippen molar-refractivity contribution in [2.45, 2.75) is 24.8 Å². The highest BCUT2D eigenvalue weighted by Gasteiger charge is 2.37. The van der Waals surface area contributed by atoms with Crippen molar-refractivity contribution in [3.63, 3.8) is 0 Å². The van der Waals surface area contributed by atoms with Crippen LogP contribution in [-0.4, -0.2) is 42.8 Å². The molecular weight excluding hydrogens is 354 g/mol. The van der Waals surface area contributed by atoms with Crippen LogP contribution < -0.4 is 10.1 Å². The van der Waals surface area contributed by atoms with Crippen LogP contribution in [0.3, 0.4) is 0 Å². The van der Waals surface area contributed by atoms with E-state index in [1.807, 2.05) is 0 Å². The van der Waals surface area contributed by atoms with E-state index < -0.39 is 11.5 Å². The number of hydrogen-bond acceptors (Lipinski definition) is 4. The maximum absolute atomic E-state index is 12.6. The predicted octanol–water partition coefficient (Wildman–Crippen LogP) is 2.21. The molecule has 6 nitrogen and oxygen atoms in total. The summed E-state index contributed by atoms with van der Waals surface area (Å²) in [5.74, 6) is -0.701. The van der Waals surface area contributed by atoms with Crippen LogP contribution in [0.1, 0.15) is 29.6 Å². The van der Waals surface area contributed by atoms with Gasteiger partial charge in [-0.2, -0.15) is 0 Å². The van der Waals surface area contributed by atoms with Gasteiger partial charge in [0.25, 0.3) is 5.91 Å². The van der Waals surface area contributed by atoms with E-state index in [1.54, 1.807) is 18.2 Å². The van der Waals surface area contributed by atoms with Crippen LogP contribution in [0.15, 0.2) is 22.7 Å². The largest absolute Gasteiger partial charge is 0.497 e. The lowest BCUT2D eigenvalue weighted by Gasteiger charge is -2.37. The fourth-order valence-corrected chi connectivity index (χ4v) is 2.94. The van der Waals surface area contributed by atoms with E-state index in [1.165, 1.54) is 7.11 Å². The fraction of sp³-hybridized carbons (Fsp3) is 0.467. The molecule has 1 aromatic carbocycles. The van der Waals surface area contributed by atoms with E-state index in [0.717, 1.165) is 0 Å². The Labute approximate surface area is 136 Å². The summed E-state index contributed by atoms with van der Waals surface area (Å²) in [6.07, 6.45) is 0.836. The van der Waals surface area contributed by atoms with Gasteiger partial charge in [0.1, 0.15) is 5.75 Å². The number of halogens is 1. The Morgan fingerprint density at radius 2 is 2.09 bits per heavy atom. The van der Waals surface area contributed by atoms with Crippen LogP contribution in [0, 0.1) is 0 Å². The Morgan fingerprint density at radius 3 is 2.68 bits per heavy atom. The van der Waals surface area contributed by atoms with E-state index in [-0.39, 0.29) is 12.3 Å². The minimum absolute atomic E-state index is 0.121. The lowest BCUT2D eigenvalue weighted by atomic mass is 9.86. The van der Waals surface area contributed by atoms with Crippen molar-refractivity contribution in [3.05, 3.63) is 28.2 Å². The molecule has 0 unspecified atom stereocenters. The van der Waals surface area contributed by atoms with Gasteiger partial charge in [0, 0.05) is 17.7 Å². The van der Waals surface area contributed by atoms with Crippen molar-refractivity contribution < 1.29 is 24.2 Å². The summed E-state index contributed by atoms with van der Waals surface area (Å²) in [6.45, 7) is 0.875. The lowest BCUT2D eigenvalue weighted by molar-refractivity contribution is -0.139. The van der Waals surface area contributed by atoms with E-state index in [0.29, 0.717) is 41.8 Å². The van der Waals surface area contributed by atoms with Crippen LogP contribution in [0.5, 0.6) is 5.75 Å². The summed E-state index contributed by atoms with van der Waals surface area (Å²) in [7, 11) is 1.52. The third-order valence-electron chi connectivity index (χ3n) is 3.74. The third kappa shape index (κ3) is 3.98. The quantitative estimate of drug-likeness (QED) is 0.828. The molecule has 7 heteroatoms. The predicted molar refractivity (Wildman–Crippen MR) is 83.2 cm³/mol. The standard InChI is InChI=1S/C15H18BrNO5/c1-21-10-2-3-12(16)11(8-10)14(20)17-15(9-13(18)19)4-6-22-7-5-15/h2-3,8H,4-7,9H2,1H3,(H,17,20)(H,18,19). The van der Waals surface area contributed by atoms with Gasteiger partial charge >= 0.3 is 5.97 Å². The van der Waals surface area contributed by atoms with Gasteiger partial charge < -0.3 is 19.9 Å². The lowest BCUT2D eigenvalue weighted by Crippen LogP contribution is -2.53. The van der Waals surface area contributed by atoms with Crippen LogP contribution in [-0.2, 0) is 9.53 Å².